The summed E-state index contributed by atoms with van der Waals surface area (Å²) in [7, 11) is 0. The normalized spacial score (nSPS) is 10.8. The summed E-state index contributed by atoms with van der Waals surface area (Å²) in [4.78, 5) is 4.41. The van der Waals surface area contributed by atoms with Crippen LogP contribution in [0, 0.1) is 0 Å². The van der Waals surface area contributed by atoms with Crippen molar-refractivity contribution in [1.82, 2.24) is 15.2 Å². The number of nitrogens with zero attached hydrogens (tertiary/aromatic N) is 2. The number of benzene rings is 2. The molecular weight excluding hydrogens is 310 g/mol. The molecule has 0 aliphatic heterocycles. The van der Waals surface area contributed by atoms with Crippen LogP contribution in [0.5, 0.6) is 11.5 Å². The number of aromatic amines is 1. The van der Waals surface area contributed by atoms with Gasteiger partial charge in [0.25, 0.3) is 0 Å². The van der Waals surface area contributed by atoms with Gasteiger partial charge in [-0.2, -0.15) is 5.10 Å². The highest BCUT2D eigenvalue weighted by molar-refractivity contribution is 6.30. The van der Waals surface area contributed by atoms with Crippen LogP contribution >= 0.6 is 11.6 Å². The van der Waals surface area contributed by atoms with Crippen LogP contribution in [-0.2, 0) is 0 Å². The number of rotatable bonds is 3. The minimum atomic E-state index is 0.443. The Morgan fingerprint density at radius 1 is 0.913 bits per heavy atom. The van der Waals surface area contributed by atoms with Crippen LogP contribution in [0.3, 0.4) is 0 Å². The first-order valence-electron chi connectivity index (χ1n) is 7.12. The van der Waals surface area contributed by atoms with Gasteiger partial charge in [-0.1, -0.05) is 29.8 Å². The first kappa shape index (κ1) is 13.8. The minimum Gasteiger partial charge on any atom is -0.457 e. The predicted molar refractivity (Wildman–Crippen MR) is 90.9 cm³/mol. The van der Waals surface area contributed by atoms with E-state index in [0.29, 0.717) is 5.15 Å². The molecule has 0 radical (unpaired) electrons. The SMILES string of the molecule is Clc1cc2cn[nH]c2c(-c2ccc(Oc3ccccc3)cc2)n1. The Kier molecular flexibility index (Phi) is 3.44. The van der Waals surface area contributed by atoms with E-state index >= 15 is 0 Å². The summed E-state index contributed by atoms with van der Waals surface area (Å²) < 4.78 is 5.80. The summed E-state index contributed by atoms with van der Waals surface area (Å²) in [6.07, 6.45) is 1.74. The van der Waals surface area contributed by atoms with E-state index in [0.717, 1.165) is 33.7 Å². The monoisotopic (exact) mass is 321 g/mol. The molecule has 0 aliphatic carbocycles. The van der Waals surface area contributed by atoms with Crippen LogP contribution in [0.2, 0.25) is 5.15 Å². The molecule has 1 N–H and O–H groups in total. The minimum absolute atomic E-state index is 0.443. The van der Waals surface area contributed by atoms with Crippen molar-refractivity contribution >= 4 is 22.5 Å². The third kappa shape index (κ3) is 2.76. The maximum atomic E-state index is 6.09. The molecule has 2 heterocycles. The van der Waals surface area contributed by atoms with Gasteiger partial charge in [0, 0.05) is 10.9 Å². The number of pyridine rings is 1. The second-order valence-corrected chi connectivity index (χ2v) is 5.45. The molecule has 0 fully saturated rings. The molecular formula is C18H12ClN3O. The van der Waals surface area contributed by atoms with E-state index in [4.69, 9.17) is 16.3 Å². The lowest BCUT2D eigenvalue weighted by Crippen LogP contribution is -1.88. The molecule has 0 spiro atoms. The fourth-order valence-corrected chi connectivity index (χ4v) is 2.63. The van der Waals surface area contributed by atoms with Crippen molar-refractivity contribution in [3.8, 4) is 22.8 Å². The number of aromatic nitrogens is 3. The van der Waals surface area contributed by atoms with Crippen LogP contribution < -0.4 is 4.74 Å². The van der Waals surface area contributed by atoms with Crippen molar-refractivity contribution in [2.45, 2.75) is 0 Å². The van der Waals surface area contributed by atoms with Gasteiger partial charge in [-0.05, 0) is 42.5 Å². The van der Waals surface area contributed by atoms with E-state index < -0.39 is 0 Å². The number of fused-ring (bicyclic) bond motifs is 1. The van der Waals surface area contributed by atoms with Gasteiger partial charge in [0.2, 0.25) is 0 Å². The molecule has 0 aliphatic rings. The number of para-hydroxylation sites is 1. The zero-order chi connectivity index (χ0) is 15.6. The van der Waals surface area contributed by atoms with Crippen LogP contribution in [0.4, 0.5) is 0 Å². The van der Waals surface area contributed by atoms with E-state index in [1.807, 2.05) is 54.6 Å². The van der Waals surface area contributed by atoms with Crippen molar-refractivity contribution in [2.24, 2.45) is 0 Å². The van der Waals surface area contributed by atoms with E-state index in [2.05, 4.69) is 15.2 Å². The van der Waals surface area contributed by atoms with Crippen LogP contribution in [0.15, 0.2) is 66.9 Å². The lowest BCUT2D eigenvalue weighted by atomic mass is 10.1. The highest BCUT2D eigenvalue weighted by atomic mass is 35.5. The summed E-state index contributed by atoms with van der Waals surface area (Å²) in [6, 6.07) is 19.2. The standard InChI is InChI=1S/C18H12ClN3O/c19-16-10-13-11-20-22-18(13)17(21-16)12-6-8-15(9-7-12)23-14-4-2-1-3-5-14/h1-11H,(H,20,22). The van der Waals surface area contributed by atoms with Gasteiger partial charge in [-0.15, -0.1) is 0 Å². The van der Waals surface area contributed by atoms with E-state index in [1.165, 1.54) is 0 Å². The van der Waals surface area contributed by atoms with Crippen LogP contribution in [0.1, 0.15) is 0 Å². The molecule has 4 rings (SSSR count). The molecule has 23 heavy (non-hydrogen) atoms. The molecule has 0 saturated carbocycles. The molecule has 0 bridgehead atoms. The van der Waals surface area contributed by atoms with Crippen molar-refractivity contribution in [3.63, 3.8) is 0 Å². The summed E-state index contributed by atoms with van der Waals surface area (Å²) >= 11 is 6.09. The predicted octanol–water partition coefficient (Wildman–Crippen LogP) is 5.07. The lowest BCUT2D eigenvalue weighted by molar-refractivity contribution is 0.483. The summed E-state index contributed by atoms with van der Waals surface area (Å²) in [6.45, 7) is 0. The molecule has 0 amide bonds. The summed E-state index contributed by atoms with van der Waals surface area (Å²) in [5, 5.41) is 8.40. The second-order valence-electron chi connectivity index (χ2n) is 5.07. The molecule has 112 valence electrons. The third-order valence-corrected chi connectivity index (χ3v) is 3.70. The molecule has 4 nitrogen and oxygen atoms in total. The highest BCUT2D eigenvalue weighted by Crippen LogP contribution is 2.29. The van der Waals surface area contributed by atoms with Gasteiger partial charge in [0.1, 0.15) is 16.7 Å². The first-order chi connectivity index (χ1) is 11.3. The number of hydrogen-bond donors (Lipinski definition) is 1. The third-order valence-electron chi connectivity index (χ3n) is 3.51. The molecule has 2 aromatic heterocycles. The number of nitrogens with one attached hydrogen (secondary N) is 1. The average molecular weight is 322 g/mol. The molecule has 0 saturated heterocycles. The lowest BCUT2D eigenvalue weighted by Gasteiger charge is -2.07. The van der Waals surface area contributed by atoms with Gasteiger partial charge >= 0.3 is 0 Å². The maximum Gasteiger partial charge on any atom is 0.130 e. The number of hydrogen-bond acceptors (Lipinski definition) is 3. The molecule has 5 heteroatoms. The zero-order valence-electron chi connectivity index (χ0n) is 12.0. The summed E-state index contributed by atoms with van der Waals surface area (Å²) in [5.74, 6) is 1.57. The van der Waals surface area contributed by atoms with Gasteiger partial charge in [0.15, 0.2) is 0 Å². The van der Waals surface area contributed by atoms with E-state index in [-0.39, 0.29) is 0 Å². The first-order valence-corrected chi connectivity index (χ1v) is 7.50. The van der Waals surface area contributed by atoms with Crippen molar-refractivity contribution in [3.05, 3.63) is 72.0 Å². The average Bonchev–Trinajstić information content (AvgIpc) is 3.04. The smallest absolute Gasteiger partial charge is 0.130 e. The van der Waals surface area contributed by atoms with E-state index in [9.17, 15) is 0 Å². The van der Waals surface area contributed by atoms with Gasteiger partial charge < -0.3 is 4.74 Å². The Balaban J connectivity index is 1.69. The van der Waals surface area contributed by atoms with E-state index in [1.54, 1.807) is 12.3 Å². The topological polar surface area (TPSA) is 50.8 Å². The van der Waals surface area contributed by atoms with Crippen LogP contribution in [0.25, 0.3) is 22.2 Å². The molecule has 0 unspecified atom stereocenters. The largest absolute Gasteiger partial charge is 0.457 e. The Morgan fingerprint density at radius 2 is 1.65 bits per heavy atom. The van der Waals surface area contributed by atoms with Gasteiger partial charge in [-0.3, -0.25) is 5.10 Å². The number of H-pyrrole nitrogens is 1. The fourth-order valence-electron chi connectivity index (χ4n) is 2.43. The molecule has 0 atom stereocenters. The Morgan fingerprint density at radius 3 is 2.43 bits per heavy atom. The van der Waals surface area contributed by atoms with Crippen molar-refractivity contribution in [1.29, 1.82) is 0 Å². The maximum absolute atomic E-state index is 6.09. The van der Waals surface area contributed by atoms with Crippen LogP contribution in [-0.4, -0.2) is 15.2 Å². The number of halogens is 1. The Bertz CT molecular complexity index is 949. The summed E-state index contributed by atoms with van der Waals surface area (Å²) in [5.41, 5.74) is 2.59. The Labute approximate surface area is 137 Å². The van der Waals surface area contributed by atoms with Gasteiger partial charge in [-0.25, -0.2) is 4.98 Å². The van der Waals surface area contributed by atoms with Crippen molar-refractivity contribution < 1.29 is 4.74 Å². The van der Waals surface area contributed by atoms with Gasteiger partial charge in [0.05, 0.1) is 17.4 Å². The zero-order valence-corrected chi connectivity index (χ0v) is 12.8. The molecule has 2 aromatic carbocycles. The highest BCUT2D eigenvalue weighted by Gasteiger charge is 2.09. The second kappa shape index (κ2) is 5.74. The quantitative estimate of drug-likeness (QED) is 0.536. The fraction of sp³-hybridized carbons (Fsp3) is 0. The Hall–Kier alpha value is -2.85. The van der Waals surface area contributed by atoms with Crippen molar-refractivity contribution in [2.75, 3.05) is 0 Å². The molecule has 4 aromatic rings. The number of ether oxygens (including phenoxy) is 1.